The van der Waals surface area contributed by atoms with Crippen molar-refractivity contribution in [2.75, 3.05) is 18.0 Å². The molecule has 3 rings (SSSR count). The first kappa shape index (κ1) is 19.6. The Balaban J connectivity index is 1.58. The zero-order valence-corrected chi connectivity index (χ0v) is 16.2. The van der Waals surface area contributed by atoms with Gasteiger partial charge in [0.1, 0.15) is 0 Å². The molecular weight excluding hydrogens is 366 g/mol. The number of benzene rings is 1. The predicted molar refractivity (Wildman–Crippen MR) is 106 cm³/mol. The Bertz CT molecular complexity index is 780. The molecule has 148 valence electrons. The Morgan fingerprint density at radius 2 is 1.67 bits per heavy atom. The van der Waals surface area contributed by atoms with Crippen LogP contribution < -0.4 is 20.7 Å². The molecule has 1 aliphatic carbocycles. The van der Waals surface area contributed by atoms with E-state index in [1.807, 2.05) is 12.1 Å². The van der Waals surface area contributed by atoms with E-state index in [2.05, 4.69) is 19.3 Å². The highest BCUT2D eigenvalue weighted by molar-refractivity contribution is 7.88. The van der Waals surface area contributed by atoms with Crippen LogP contribution in [-0.4, -0.2) is 39.4 Å². The second-order valence-corrected chi connectivity index (χ2v) is 8.47. The molecule has 0 atom stereocenters. The predicted octanol–water partition coefficient (Wildman–Crippen LogP) is 1.50. The number of hydrogen-bond donors (Lipinski definition) is 3. The van der Waals surface area contributed by atoms with Crippen molar-refractivity contribution in [3.63, 3.8) is 0 Å². The molecule has 1 heterocycles. The van der Waals surface area contributed by atoms with Crippen molar-refractivity contribution in [1.82, 2.24) is 10.0 Å². The lowest BCUT2D eigenvalue weighted by atomic mass is 10.1. The number of nitrogens with zero attached hydrogens (tertiary/aromatic N) is 2. The molecule has 0 unspecified atom stereocenters. The molecule has 0 radical (unpaired) electrons. The normalized spacial score (nSPS) is 19.3. The van der Waals surface area contributed by atoms with Crippen LogP contribution >= 0.6 is 0 Å². The van der Waals surface area contributed by atoms with Gasteiger partial charge in [-0.15, -0.1) is 4.40 Å². The number of amides is 1. The Hall–Kier alpha value is -2.13. The fourth-order valence-corrected chi connectivity index (χ4v) is 4.61. The number of anilines is 1. The lowest BCUT2D eigenvalue weighted by Gasteiger charge is -2.28. The van der Waals surface area contributed by atoms with Gasteiger partial charge in [-0.05, 0) is 56.4 Å². The second kappa shape index (κ2) is 8.71. The molecule has 1 aromatic rings. The summed E-state index contributed by atoms with van der Waals surface area (Å²) < 4.78 is 29.9. The van der Waals surface area contributed by atoms with Gasteiger partial charge < -0.3 is 10.6 Å². The number of carbonyl (C=O) groups excluding carboxylic acids is 1. The van der Waals surface area contributed by atoms with E-state index in [9.17, 15) is 13.2 Å². The second-order valence-electron chi connectivity index (χ2n) is 7.10. The standard InChI is InChI=1S/C18H27N5O3S/c19-18(22-27(25,26)21-15-6-2-3-7-15)20-17(24)14-8-10-16(11-9-14)23-12-4-1-5-13-23/h8-11,15,21H,1-7,12-13H2,(H3,19,20,22,24). The number of guanidine groups is 1. The van der Waals surface area contributed by atoms with E-state index in [1.165, 1.54) is 19.3 Å². The first-order chi connectivity index (χ1) is 12.9. The Morgan fingerprint density at radius 1 is 1.04 bits per heavy atom. The van der Waals surface area contributed by atoms with E-state index < -0.39 is 22.1 Å². The van der Waals surface area contributed by atoms with E-state index in [-0.39, 0.29) is 6.04 Å². The van der Waals surface area contributed by atoms with Crippen LogP contribution in [0.4, 0.5) is 5.69 Å². The van der Waals surface area contributed by atoms with Gasteiger partial charge in [-0.1, -0.05) is 12.8 Å². The molecule has 2 fully saturated rings. The fraction of sp³-hybridized carbons (Fsp3) is 0.556. The zero-order chi connectivity index (χ0) is 19.3. The maximum atomic E-state index is 12.3. The summed E-state index contributed by atoms with van der Waals surface area (Å²) in [5.41, 5.74) is 7.09. The molecular formula is C18H27N5O3S. The van der Waals surface area contributed by atoms with E-state index >= 15 is 0 Å². The smallest absolute Gasteiger partial charge is 0.323 e. The summed E-state index contributed by atoms with van der Waals surface area (Å²) in [4.78, 5) is 14.6. The molecule has 8 nitrogen and oxygen atoms in total. The van der Waals surface area contributed by atoms with Gasteiger partial charge in [-0.3, -0.25) is 10.1 Å². The SMILES string of the molecule is N/C(=N\S(=O)(=O)NC1CCCC1)NC(=O)c1ccc(N2CCCCC2)cc1. The maximum Gasteiger partial charge on any atom is 0.323 e. The number of carbonyl (C=O) groups is 1. The highest BCUT2D eigenvalue weighted by Crippen LogP contribution is 2.20. The van der Waals surface area contributed by atoms with Crippen LogP contribution in [0.2, 0.25) is 0 Å². The van der Waals surface area contributed by atoms with Gasteiger partial charge >= 0.3 is 10.2 Å². The van der Waals surface area contributed by atoms with Crippen molar-refractivity contribution >= 4 is 27.8 Å². The minimum atomic E-state index is -3.92. The van der Waals surface area contributed by atoms with Crippen molar-refractivity contribution in [3.05, 3.63) is 29.8 Å². The largest absolute Gasteiger partial charge is 0.372 e. The summed E-state index contributed by atoms with van der Waals surface area (Å²) >= 11 is 0. The van der Waals surface area contributed by atoms with Crippen LogP contribution in [-0.2, 0) is 10.2 Å². The van der Waals surface area contributed by atoms with E-state index in [0.29, 0.717) is 5.56 Å². The quantitative estimate of drug-likeness (QED) is 0.518. The zero-order valence-electron chi connectivity index (χ0n) is 15.4. The van der Waals surface area contributed by atoms with E-state index in [4.69, 9.17) is 5.73 Å². The third kappa shape index (κ3) is 5.67. The van der Waals surface area contributed by atoms with Gasteiger partial charge in [-0.25, -0.2) is 0 Å². The van der Waals surface area contributed by atoms with Gasteiger partial charge in [0.2, 0.25) is 5.96 Å². The Morgan fingerprint density at radius 3 is 2.30 bits per heavy atom. The monoisotopic (exact) mass is 393 g/mol. The van der Waals surface area contributed by atoms with Crippen molar-refractivity contribution in [1.29, 1.82) is 0 Å². The summed E-state index contributed by atoms with van der Waals surface area (Å²) in [7, 11) is -3.92. The van der Waals surface area contributed by atoms with E-state index in [0.717, 1.165) is 44.5 Å². The molecule has 0 bridgehead atoms. The summed E-state index contributed by atoms with van der Waals surface area (Å²) in [5.74, 6) is -0.928. The van der Waals surface area contributed by atoms with Crippen LogP contribution in [0.25, 0.3) is 0 Å². The van der Waals surface area contributed by atoms with Crippen LogP contribution in [0.1, 0.15) is 55.3 Å². The van der Waals surface area contributed by atoms with Crippen LogP contribution in [0, 0.1) is 0 Å². The summed E-state index contributed by atoms with van der Waals surface area (Å²) in [6.45, 7) is 2.05. The average molecular weight is 394 g/mol. The molecule has 1 aliphatic heterocycles. The number of nitrogens with one attached hydrogen (secondary N) is 2. The van der Waals surface area contributed by atoms with Crippen molar-refractivity contribution in [2.24, 2.45) is 10.1 Å². The molecule has 9 heteroatoms. The lowest BCUT2D eigenvalue weighted by Crippen LogP contribution is -2.40. The molecule has 2 aliphatic rings. The topological polar surface area (TPSA) is 117 Å². The summed E-state index contributed by atoms with van der Waals surface area (Å²) in [5, 5.41) is 2.33. The number of hydrogen-bond acceptors (Lipinski definition) is 4. The molecule has 27 heavy (non-hydrogen) atoms. The van der Waals surface area contributed by atoms with Crippen LogP contribution in [0.15, 0.2) is 28.7 Å². The highest BCUT2D eigenvalue weighted by atomic mass is 32.2. The summed E-state index contributed by atoms with van der Waals surface area (Å²) in [6.07, 6.45) is 7.20. The molecule has 1 saturated heterocycles. The number of nitrogens with two attached hydrogens (primary N) is 1. The number of piperidine rings is 1. The van der Waals surface area contributed by atoms with Gasteiger partial charge in [0.05, 0.1) is 0 Å². The van der Waals surface area contributed by atoms with Gasteiger partial charge in [0.25, 0.3) is 5.91 Å². The highest BCUT2D eigenvalue weighted by Gasteiger charge is 2.21. The van der Waals surface area contributed by atoms with Crippen molar-refractivity contribution < 1.29 is 13.2 Å². The van der Waals surface area contributed by atoms with Gasteiger partial charge in [0, 0.05) is 30.4 Å². The van der Waals surface area contributed by atoms with Crippen molar-refractivity contribution in [3.8, 4) is 0 Å². The fourth-order valence-electron chi connectivity index (χ4n) is 3.60. The molecule has 1 aromatic carbocycles. The first-order valence-electron chi connectivity index (χ1n) is 9.47. The van der Waals surface area contributed by atoms with Crippen LogP contribution in [0.5, 0.6) is 0 Å². The van der Waals surface area contributed by atoms with Crippen LogP contribution in [0.3, 0.4) is 0 Å². The molecule has 1 amide bonds. The number of rotatable bonds is 5. The van der Waals surface area contributed by atoms with Gasteiger partial charge in [0.15, 0.2) is 0 Å². The minimum Gasteiger partial charge on any atom is -0.372 e. The van der Waals surface area contributed by atoms with Gasteiger partial charge in [-0.2, -0.15) is 13.1 Å². The molecule has 4 N–H and O–H groups in total. The molecule has 0 aromatic heterocycles. The third-order valence-electron chi connectivity index (χ3n) is 4.98. The first-order valence-corrected chi connectivity index (χ1v) is 10.9. The Kier molecular flexibility index (Phi) is 6.33. The lowest BCUT2D eigenvalue weighted by molar-refractivity contribution is 0.0977. The summed E-state index contributed by atoms with van der Waals surface area (Å²) in [6, 6.07) is 7.10. The van der Waals surface area contributed by atoms with Crippen molar-refractivity contribution in [2.45, 2.75) is 51.0 Å². The Labute approximate surface area is 160 Å². The maximum absolute atomic E-state index is 12.3. The molecule has 1 saturated carbocycles. The molecule has 0 spiro atoms. The average Bonchev–Trinajstić information content (AvgIpc) is 3.14. The minimum absolute atomic E-state index is 0.107. The third-order valence-corrected chi connectivity index (χ3v) is 6.05. The van der Waals surface area contributed by atoms with E-state index in [1.54, 1.807) is 12.1 Å².